The average molecular weight is 281 g/mol. The molecule has 0 bridgehead atoms. The summed E-state index contributed by atoms with van der Waals surface area (Å²) < 4.78 is 6.98. The molecule has 2 rings (SSSR count). The molecular weight excluding hydrogens is 264 g/mol. The van der Waals surface area contributed by atoms with Crippen LogP contribution in [0.25, 0.3) is 10.9 Å². The molecule has 2 aromatic rings. The lowest BCUT2D eigenvalue weighted by Crippen LogP contribution is -2.17. The van der Waals surface area contributed by atoms with Crippen LogP contribution in [-0.2, 0) is 22.6 Å². The van der Waals surface area contributed by atoms with E-state index in [-0.39, 0.29) is 18.6 Å². The molecule has 0 aliphatic carbocycles. The molecule has 0 unspecified atom stereocenters. The van der Waals surface area contributed by atoms with Crippen molar-refractivity contribution in [2.24, 2.45) is 5.73 Å². The smallest absolute Gasteiger partial charge is 0.326 e. The van der Waals surface area contributed by atoms with Gasteiger partial charge in [0, 0.05) is 23.2 Å². The largest absolute Gasteiger partial charge is 0.462 e. The topological polar surface area (TPSA) is 57.2 Å². The summed E-state index contributed by atoms with van der Waals surface area (Å²) in [7, 11) is 0. The number of hydrogen-bond donors (Lipinski definition) is 1. The van der Waals surface area contributed by atoms with E-state index in [1.165, 1.54) is 0 Å². The standard InChI is InChI=1S/C14H17ClN2O2/c1-9(2)19-14(18)8-17-7-10(6-16)12-4-3-11(15)5-13(12)17/h3-5,7,9H,6,8,16H2,1-2H3. The van der Waals surface area contributed by atoms with Crippen LogP contribution < -0.4 is 5.73 Å². The van der Waals surface area contributed by atoms with E-state index in [2.05, 4.69) is 0 Å². The van der Waals surface area contributed by atoms with Crippen molar-refractivity contribution in [3.63, 3.8) is 0 Å². The SMILES string of the molecule is CC(C)OC(=O)Cn1cc(CN)c2ccc(Cl)cc21. The van der Waals surface area contributed by atoms with Gasteiger partial charge in [0.05, 0.1) is 11.6 Å². The van der Waals surface area contributed by atoms with E-state index >= 15 is 0 Å². The molecule has 0 radical (unpaired) electrons. The van der Waals surface area contributed by atoms with Crippen molar-refractivity contribution in [3.8, 4) is 0 Å². The van der Waals surface area contributed by atoms with Crippen LogP contribution in [0.4, 0.5) is 0 Å². The van der Waals surface area contributed by atoms with E-state index in [9.17, 15) is 4.79 Å². The Hall–Kier alpha value is -1.52. The molecule has 1 aromatic heterocycles. The van der Waals surface area contributed by atoms with Gasteiger partial charge in [-0.15, -0.1) is 0 Å². The van der Waals surface area contributed by atoms with Gasteiger partial charge < -0.3 is 15.0 Å². The molecule has 5 heteroatoms. The lowest BCUT2D eigenvalue weighted by molar-refractivity contribution is -0.148. The maximum absolute atomic E-state index is 11.7. The Balaban J connectivity index is 2.37. The fourth-order valence-corrected chi connectivity index (χ4v) is 2.24. The molecule has 19 heavy (non-hydrogen) atoms. The normalized spacial score (nSPS) is 11.2. The molecule has 0 amide bonds. The zero-order valence-electron chi connectivity index (χ0n) is 11.0. The molecule has 0 fully saturated rings. The van der Waals surface area contributed by atoms with Crippen LogP contribution in [0.15, 0.2) is 24.4 Å². The van der Waals surface area contributed by atoms with Crippen molar-refractivity contribution >= 4 is 28.5 Å². The van der Waals surface area contributed by atoms with E-state index in [0.29, 0.717) is 11.6 Å². The minimum Gasteiger partial charge on any atom is -0.462 e. The maximum atomic E-state index is 11.7. The number of carbonyl (C=O) groups is 1. The second-order valence-electron chi connectivity index (χ2n) is 4.69. The molecule has 0 saturated heterocycles. The minimum atomic E-state index is -0.268. The molecule has 0 aliphatic rings. The lowest BCUT2D eigenvalue weighted by Gasteiger charge is -2.09. The Bertz CT molecular complexity index is 605. The van der Waals surface area contributed by atoms with Crippen LogP contribution in [0.1, 0.15) is 19.4 Å². The van der Waals surface area contributed by atoms with Crippen molar-refractivity contribution in [2.75, 3.05) is 0 Å². The number of nitrogens with two attached hydrogens (primary N) is 1. The Morgan fingerprint density at radius 2 is 2.21 bits per heavy atom. The summed E-state index contributed by atoms with van der Waals surface area (Å²) in [5, 5.41) is 1.65. The molecule has 2 N–H and O–H groups in total. The number of hydrogen-bond acceptors (Lipinski definition) is 3. The highest BCUT2D eigenvalue weighted by Gasteiger charge is 2.12. The first-order chi connectivity index (χ1) is 9.01. The Kier molecular flexibility index (Phi) is 4.12. The predicted octanol–water partition coefficient (Wildman–Crippen LogP) is 2.71. The second-order valence-corrected chi connectivity index (χ2v) is 5.12. The van der Waals surface area contributed by atoms with Crippen LogP contribution in [0.5, 0.6) is 0 Å². The third-order valence-corrected chi connectivity index (χ3v) is 3.05. The van der Waals surface area contributed by atoms with Crippen LogP contribution in [-0.4, -0.2) is 16.6 Å². The van der Waals surface area contributed by atoms with Gasteiger partial charge in [-0.3, -0.25) is 4.79 Å². The number of rotatable bonds is 4. The summed E-state index contributed by atoms with van der Waals surface area (Å²) in [6, 6.07) is 5.57. The van der Waals surface area contributed by atoms with E-state index in [1.54, 1.807) is 0 Å². The predicted molar refractivity (Wildman–Crippen MR) is 76.1 cm³/mol. The van der Waals surface area contributed by atoms with Gasteiger partial charge in [-0.2, -0.15) is 0 Å². The number of carbonyl (C=O) groups excluding carboxylic acids is 1. The quantitative estimate of drug-likeness (QED) is 0.876. The fraction of sp³-hybridized carbons (Fsp3) is 0.357. The van der Waals surface area contributed by atoms with Gasteiger partial charge in [-0.05, 0) is 31.5 Å². The fourth-order valence-electron chi connectivity index (χ4n) is 2.07. The molecule has 0 saturated carbocycles. The third kappa shape index (κ3) is 3.08. The van der Waals surface area contributed by atoms with Gasteiger partial charge in [0.25, 0.3) is 0 Å². The summed E-state index contributed by atoms with van der Waals surface area (Å²) in [6.07, 6.45) is 1.76. The van der Waals surface area contributed by atoms with Gasteiger partial charge in [0.1, 0.15) is 6.54 Å². The first-order valence-electron chi connectivity index (χ1n) is 6.18. The van der Waals surface area contributed by atoms with Gasteiger partial charge in [-0.1, -0.05) is 17.7 Å². The van der Waals surface area contributed by atoms with E-state index < -0.39 is 0 Å². The van der Waals surface area contributed by atoms with Crippen LogP contribution in [0.2, 0.25) is 5.02 Å². The molecule has 0 spiro atoms. The highest BCUT2D eigenvalue weighted by molar-refractivity contribution is 6.31. The lowest BCUT2D eigenvalue weighted by atomic mass is 10.2. The van der Waals surface area contributed by atoms with E-state index in [4.69, 9.17) is 22.1 Å². The summed E-state index contributed by atoms with van der Waals surface area (Å²) >= 11 is 6.00. The first kappa shape index (κ1) is 13.9. The van der Waals surface area contributed by atoms with Crippen molar-refractivity contribution in [3.05, 3.63) is 35.0 Å². The molecule has 1 heterocycles. The van der Waals surface area contributed by atoms with Crippen LogP contribution in [0.3, 0.4) is 0 Å². The van der Waals surface area contributed by atoms with Gasteiger partial charge >= 0.3 is 5.97 Å². The van der Waals surface area contributed by atoms with Crippen LogP contribution in [0, 0.1) is 0 Å². The zero-order chi connectivity index (χ0) is 14.0. The second kappa shape index (κ2) is 5.63. The Labute approximate surface area is 117 Å². The molecular formula is C14H17ClN2O2. The molecule has 0 aliphatic heterocycles. The number of fused-ring (bicyclic) bond motifs is 1. The number of nitrogens with zero attached hydrogens (tertiary/aromatic N) is 1. The minimum absolute atomic E-state index is 0.119. The summed E-state index contributed by atoms with van der Waals surface area (Å²) in [5.41, 5.74) is 7.60. The number of esters is 1. The molecule has 1 aromatic carbocycles. The van der Waals surface area contributed by atoms with Gasteiger partial charge in [0.15, 0.2) is 0 Å². The zero-order valence-corrected chi connectivity index (χ0v) is 11.8. The summed E-state index contributed by atoms with van der Waals surface area (Å²) in [4.78, 5) is 11.7. The third-order valence-electron chi connectivity index (χ3n) is 2.81. The monoisotopic (exact) mass is 280 g/mol. The van der Waals surface area contributed by atoms with Gasteiger partial charge in [-0.25, -0.2) is 0 Å². The molecule has 0 atom stereocenters. The number of ether oxygens (including phenoxy) is 1. The molecule has 102 valence electrons. The van der Waals surface area contributed by atoms with Crippen molar-refractivity contribution in [2.45, 2.75) is 33.0 Å². The average Bonchev–Trinajstić information content (AvgIpc) is 2.65. The summed E-state index contributed by atoms with van der Waals surface area (Å²) in [5.74, 6) is -0.268. The van der Waals surface area contributed by atoms with Crippen molar-refractivity contribution in [1.29, 1.82) is 0 Å². The van der Waals surface area contributed by atoms with Crippen molar-refractivity contribution < 1.29 is 9.53 Å². The number of benzene rings is 1. The Morgan fingerprint density at radius 3 is 2.84 bits per heavy atom. The molecule has 4 nitrogen and oxygen atoms in total. The van der Waals surface area contributed by atoms with E-state index in [0.717, 1.165) is 16.5 Å². The van der Waals surface area contributed by atoms with Crippen LogP contribution >= 0.6 is 11.6 Å². The maximum Gasteiger partial charge on any atom is 0.326 e. The first-order valence-corrected chi connectivity index (χ1v) is 6.56. The highest BCUT2D eigenvalue weighted by atomic mass is 35.5. The number of aromatic nitrogens is 1. The summed E-state index contributed by atoms with van der Waals surface area (Å²) in [6.45, 7) is 4.24. The van der Waals surface area contributed by atoms with Gasteiger partial charge in [0.2, 0.25) is 0 Å². The Morgan fingerprint density at radius 1 is 1.47 bits per heavy atom. The highest BCUT2D eigenvalue weighted by Crippen LogP contribution is 2.24. The van der Waals surface area contributed by atoms with E-state index in [1.807, 2.05) is 42.8 Å². The number of halogens is 1. The van der Waals surface area contributed by atoms with Crippen molar-refractivity contribution in [1.82, 2.24) is 4.57 Å².